The average molecular weight is 193 g/mol. The Hall–Kier alpha value is -0.310. The molecular weight excluding hydrogens is 184 g/mol. The van der Waals surface area contributed by atoms with Crippen molar-refractivity contribution in [2.24, 2.45) is 5.92 Å². The number of rotatable bonds is 2. The van der Waals surface area contributed by atoms with E-state index in [1.54, 1.807) is 0 Å². The topological polar surface area (TPSA) is 26.3 Å². The summed E-state index contributed by atoms with van der Waals surface area (Å²) in [7, 11) is 0. The first-order valence-electron chi connectivity index (χ1n) is 2.61. The van der Waals surface area contributed by atoms with E-state index in [1.165, 1.54) is 0 Å². The van der Waals surface area contributed by atoms with Crippen LogP contribution in [0.25, 0.3) is 0 Å². The highest BCUT2D eigenvalue weighted by Crippen LogP contribution is 2.09. The van der Waals surface area contributed by atoms with Gasteiger partial charge in [-0.2, -0.15) is 0 Å². The lowest BCUT2D eigenvalue weighted by Gasteiger charge is -2.03. The third-order valence-electron chi connectivity index (χ3n) is 1.03. The van der Waals surface area contributed by atoms with Crippen LogP contribution < -0.4 is 0 Å². The van der Waals surface area contributed by atoms with Crippen LogP contribution in [0.4, 0.5) is 0 Å². The lowest BCUT2D eigenvalue weighted by molar-refractivity contribution is -0.128. The molecule has 0 unspecified atom stereocenters. The van der Waals surface area contributed by atoms with E-state index in [0.29, 0.717) is 5.57 Å². The van der Waals surface area contributed by atoms with Gasteiger partial charge in [-0.3, -0.25) is 0 Å². The van der Waals surface area contributed by atoms with E-state index in [2.05, 4.69) is 26.7 Å². The molecule has 0 aliphatic heterocycles. The van der Waals surface area contributed by atoms with Crippen molar-refractivity contribution in [3.05, 3.63) is 12.2 Å². The average Bonchev–Trinajstić information content (AvgIpc) is 1.84. The number of hydrogen-bond acceptors (Lipinski definition) is 2. The van der Waals surface area contributed by atoms with Gasteiger partial charge >= 0.3 is 5.97 Å². The van der Waals surface area contributed by atoms with Crippen LogP contribution in [0.15, 0.2) is 12.2 Å². The van der Waals surface area contributed by atoms with Crippen molar-refractivity contribution >= 4 is 22.2 Å². The molecule has 0 aliphatic rings. The summed E-state index contributed by atoms with van der Waals surface area (Å²) < 4.78 is 4.25. The van der Waals surface area contributed by atoms with E-state index >= 15 is 0 Å². The Morgan fingerprint density at radius 2 is 2.11 bits per heavy atom. The molecule has 52 valence electrons. The van der Waals surface area contributed by atoms with E-state index in [4.69, 9.17) is 0 Å². The van der Waals surface area contributed by atoms with Gasteiger partial charge in [-0.1, -0.05) is 20.4 Å². The van der Waals surface area contributed by atoms with E-state index in [-0.39, 0.29) is 5.92 Å². The lowest BCUT2D eigenvalue weighted by Crippen LogP contribution is -2.05. The Balaban J connectivity index is 3.89. The second-order valence-corrected chi connectivity index (χ2v) is 2.37. The molecule has 0 N–H and O–H groups in total. The van der Waals surface area contributed by atoms with E-state index in [1.807, 2.05) is 13.8 Å². The number of halogens is 1. The van der Waals surface area contributed by atoms with Crippen molar-refractivity contribution in [3.63, 3.8) is 0 Å². The predicted octanol–water partition coefficient (Wildman–Crippen LogP) is 2.05. The van der Waals surface area contributed by atoms with Gasteiger partial charge in [-0.05, 0) is 5.92 Å². The Labute approximate surface area is 63.3 Å². The van der Waals surface area contributed by atoms with Gasteiger partial charge in [0.1, 0.15) is 0 Å². The number of carbonyl (C=O) groups excluding carboxylic acids is 1. The zero-order chi connectivity index (χ0) is 7.44. The minimum absolute atomic E-state index is 0.148. The fraction of sp³-hybridized carbons (Fsp3) is 0.500. The molecule has 0 spiro atoms. The first-order valence-corrected chi connectivity index (χ1v) is 3.26. The highest BCUT2D eigenvalue weighted by atomic mass is 79.9. The Morgan fingerprint density at radius 1 is 1.67 bits per heavy atom. The summed E-state index contributed by atoms with van der Waals surface area (Å²) in [6.07, 6.45) is 0. The highest BCUT2D eigenvalue weighted by Gasteiger charge is 2.10. The van der Waals surface area contributed by atoms with Crippen molar-refractivity contribution in [1.29, 1.82) is 0 Å². The summed E-state index contributed by atoms with van der Waals surface area (Å²) in [6, 6.07) is 0. The van der Waals surface area contributed by atoms with Gasteiger partial charge in [-0.15, -0.1) is 0 Å². The normalized spacial score (nSPS) is 9.33. The lowest BCUT2D eigenvalue weighted by atomic mass is 10.1. The third-order valence-corrected chi connectivity index (χ3v) is 1.32. The molecule has 0 saturated carbocycles. The van der Waals surface area contributed by atoms with Crippen LogP contribution in [0, 0.1) is 5.92 Å². The van der Waals surface area contributed by atoms with Crippen molar-refractivity contribution < 1.29 is 8.62 Å². The summed E-state index contributed by atoms with van der Waals surface area (Å²) in [5.74, 6) is -0.250. The van der Waals surface area contributed by atoms with Gasteiger partial charge in [0.15, 0.2) is 16.3 Å². The molecular formula is C6H9BrO2. The van der Waals surface area contributed by atoms with Gasteiger partial charge in [0, 0.05) is 5.57 Å². The minimum Gasteiger partial charge on any atom is -0.380 e. The maximum atomic E-state index is 10.6. The predicted molar refractivity (Wildman–Crippen MR) is 39.0 cm³/mol. The summed E-state index contributed by atoms with van der Waals surface area (Å²) in [6.45, 7) is 7.28. The van der Waals surface area contributed by atoms with E-state index in [9.17, 15) is 4.79 Å². The molecule has 0 radical (unpaired) electrons. The Morgan fingerprint density at radius 3 is 2.22 bits per heavy atom. The summed E-state index contributed by atoms with van der Waals surface area (Å²) in [5, 5.41) is 0. The number of carbonyl (C=O) groups is 1. The largest absolute Gasteiger partial charge is 0.380 e. The van der Waals surface area contributed by atoms with Gasteiger partial charge < -0.3 is 3.83 Å². The molecule has 0 rings (SSSR count). The van der Waals surface area contributed by atoms with Crippen molar-refractivity contribution in [3.8, 4) is 0 Å². The Kier molecular flexibility index (Phi) is 3.54. The van der Waals surface area contributed by atoms with Crippen LogP contribution >= 0.6 is 16.3 Å². The van der Waals surface area contributed by atoms with E-state index < -0.39 is 5.97 Å². The molecule has 0 aromatic heterocycles. The quantitative estimate of drug-likeness (QED) is 0.627. The van der Waals surface area contributed by atoms with Crippen LogP contribution in [-0.4, -0.2) is 5.97 Å². The molecule has 3 heteroatoms. The third kappa shape index (κ3) is 2.65. The summed E-state index contributed by atoms with van der Waals surface area (Å²) >= 11 is 2.57. The van der Waals surface area contributed by atoms with Crippen LogP contribution in [0.2, 0.25) is 0 Å². The molecule has 0 bridgehead atoms. The maximum absolute atomic E-state index is 10.6. The summed E-state index contributed by atoms with van der Waals surface area (Å²) in [4.78, 5) is 10.6. The number of hydrogen-bond donors (Lipinski definition) is 0. The fourth-order valence-corrected chi connectivity index (χ4v) is 0.493. The zero-order valence-electron chi connectivity index (χ0n) is 5.48. The van der Waals surface area contributed by atoms with Crippen molar-refractivity contribution in [2.75, 3.05) is 0 Å². The van der Waals surface area contributed by atoms with Crippen LogP contribution in [0.3, 0.4) is 0 Å². The van der Waals surface area contributed by atoms with Gasteiger partial charge in [0.25, 0.3) is 0 Å². The fourth-order valence-electron chi connectivity index (χ4n) is 0.285. The minimum atomic E-state index is -0.398. The Bertz CT molecular complexity index is 129. The SMILES string of the molecule is C=C(C(=O)OBr)C(C)C. The monoisotopic (exact) mass is 192 g/mol. The van der Waals surface area contributed by atoms with Crippen molar-refractivity contribution in [1.82, 2.24) is 0 Å². The second-order valence-electron chi connectivity index (χ2n) is 2.04. The van der Waals surface area contributed by atoms with Crippen molar-refractivity contribution in [2.45, 2.75) is 13.8 Å². The molecule has 9 heavy (non-hydrogen) atoms. The van der Waals surface area contributed by atoms with Gasteiger partial charge in [-0.25, -0.2) is 4.79 Å². The molecule has 2 nitrogen and oxygen atoms in total. The molecule has 0 amide bonds. The van der Waals surface area contributed by atoms with Gasteiger partial charge in [0.05, 0.1) is 0 Å². The molecule has 0 saturated heterocycles. The highest BCUT2D eigenvalue weighted by molar-refractivity contribution is 9.06. The van der Waals surface area contributed by atoms with E-state index in [0.717, 1.165) is 0 Å². The summed E-state index contributed by atoms with van der Waals surface area (Å²) in [5.41, 5.74) is 0.479. The first-order chi connectivity index (χ1) is 4.09. The smallest absolute Gasteiger partial charge is 0.345 e. The molecule has 0 atom stereocenters. The zero-order valence-corrected chi connectivity index (χ0v) is 7.06. The van der Waals surface area contributed by atoms with Crippen LogP contribution in [0.1, 0.15) is 13.8 Å². The second kappa shape index (κ2) is 3.67. The van der Waals surface area contributed by atoms with Crippen LogP contribution in [-0.2, 0) is 8.62 Å². The standard InChI is InChI=1S/C6H9BrO2/c1-4(2)5(3)6(8)9-7/h4H,3H2,1-2H3. The molecule has 0 fully saturated rings. The molecule has 0 aromatic carbocycles. The first kappa shape index (κ1) is 8.69. The molecule has 0 aromatic rings. The van der Waals surface area contributed by atoms with Crippen LogP contribution in [0.5, 0.6) is 0 Å². The maximum Gasteiger partial charge on any atom is 0.345 e. The van der Waals surface area contributed by atoms with Gasteiger partial charge in [0.2, 0.25) is 0 Å². The molecule has 0 aliphatic carbocycles. The molecule has 0 heterocycles.